The molecule has 2 amide bonds. The number of nitro benzene ring substituents is 1. The van der Waals surface area contributed by atoms with Crippen LogP contribution in [0.5, 0.6) is 0 Å². The van der Waals surface area contributed by atoms with E-state index in [4.69, 9.17) is 0 Å². The van der Waals surface area contributed by atoms with Crippen LogP contribution in [0.25, 0.3) is 0 Å². The van der Waals surface area contributed by atoms with Crippen LogP contribution in [0, 0.1) is 10.1 Å². The number of anilines is 1. The van der Waals surface area contributed by atoms with Gasteiger partial charge in [-0.25, -0.2) is 4.79 Å². The molecule has 0 fully saturated rings. The summed E-state index contributed by atoms with van der Waals surface area (Å²) in [6, 6.07) is 3.91. The number of Topliss-reactive ketones (excluding diaryl/α,β-unsaturated/α-hetero) is 1. The smallest absolute Gasteiger partial charge is 0.314 e. The van der Waals surface area contributed by atoms with Crippen molar-refractivity contribution >= 4 is 23.2 Å². The minimum atomic E-state index is -0.555. The van der Waals surface area contributed by atoms with Crippen LogP contribution < -0.4 is 16.0 Å². The molecule has 0 heterocycles. The summed E-state index contributed by atoms with van der Waals surface area (Å²) >= 11 is 0. The first-order chi connectivity index (χ1) is 9.45. The molecule has 8 heteroatoms. The molecule has 108 valence electrons. The molecular weight excluding hydrogens is 264 g/mol. The monoisotopic (exact) mass is 280 g/mol. The summed E-state index contributed by atoms with van der Waals surface area (Å²) in [4.78, 5) is 32.5. The molecule has 0 aliphatic carbocycles. The van der Waals surface area contributed by atoms with Gasteiger partial charge >= 0.3 is 6.03 Å². The Morgan fingerprint density at radius 3 is 2.55 bits per heavy atom. The van der Waals surface area contributed by atoms with Gasteiger partial charge in [0.05, 0.1) is 4.92 Å². The molecule has 20 heavy (non-hydrogen) atoms. The molecule has 0 saturated heterocycles. The van der Waals surface area contributed by atoms with Crippen molar-refractivity contribution in [2.45, 2.75) is 6.92 Å². The van der Waals surface area contributed by atoms with Gasteiger partial charge in [-0.15, -0.1) is 0 Å². The van der Waals surface area contributed by atoms with E-state index in [0.29, 0.717) is 18.8 Å². The van der Waals surface area contributed by atoms with Crippen LogP contribution in [0.15, 0.2) is 18.2 Å². The van der Waals surface area contributed by atoms with Gasteiger partial charge in [0.15, 0.2) is 5.78 Å². The molecule has 3 N–H and O–H groups in total. The van der Waals surface area contributed by atoms with E-state index in [9.17, 15) is 19.7 Å². The van der Waals surface area contributed by atoms with Crippen molar-refractivity contribution in [3.63, 3.8) is 0 Å². The van der Waals surface area contributed by atoms with E-state index in [1.54, 1.807) is 0 Å². The second-order valence-corrected chi connectivity index (χ2v) is 3.98. The number of nitrogens with zero attached hydrogens (tertiary/aromatic N) is 1. The number of hydrogen-bond donors (Lipinski definition) is 3. The Kier molecular flexibility index (Phi) is 5.45. The maximum Gasteiger partial charge on any atom is 0.314 e. The molecule has 0 aromatic heterocycles. The van der Waals surface area contributed by atoms with Crippen molar-refractivity contribution in [3.05, 3.63) is 33.9 Å². The van der Waals surface area contributed by atoms with E-state index < -0.39 is 4.92 Å². The largest absolute Gasteiger partial charge is 0.378 e. The summed E-state index contributed by atoms with van der Waals surface area (Å²) in [7, 11) is 1.49. The Hall–Kier alpha value is -2.64. The van der Waals surface area contributed by atoms with E-state index >= 15 is 0 Å². The zero-order chi connectivity index (χ0) is 15.1. The average molecular weight is 280 g/mol. The number of nitro groups is 1. The van der Waals surface area contributed by atoms with Crippen LogP contribution in [0.1, 0.15) is 17.3 Å². The number of nitrogens with one attached hydrogen (secondary N) is 3. The summed E-state index contributed by atoms with van der Waals surface area (Å²) < 4.78 is 0. The third-order valence-corrected chi connectivity index (χ3v) is 2.55. The number of carbonyl (C=O) groups is 2. The van der Waals surface area contributed by atoms with Crippen LogP contribution in [0.4, 0.5) is 16.2 Å². The minimum absolute atomic E-state index is 0.169. The van der Waals surface area contributed by atoms with Gasteiger partial charge in [0, 0.05) is 31.8 Å². The van der Waals surface area contributed by atoms with Gasteiger partial charge in [0.1, 0.15) is 5.69 Å². The molecule has 0 spiro atoms. The van der Waals surface area contributed by atoms with Crippen molar-refractivity contribution in [1.29, 1.82) is 0 Å². The Balaban J connectivity index is 2.72. The first-order valence-electron chi connectivity index (χ1n) is 5.94. The molecular formula is C12H16N4O4. The van der Waals surface area contributed by atoms with Gasteiger partial charge < -0.3 is 16.0 Å². The van der Waals surface area contributed by atoms with Crippen LogP contribution in [0.3, 0.4) is 0 Å². The molecule has 8 nitrogen and oxygen atoms in total. The second kappa shape index (κ2) is 7.07. The van der Waals surface area contributed by atoms with Crippen LogP contribution in [-0.4, -0.2) is 36.9 Å². The van der Waals surface area contributed by atoms with Crippen molar-refractivity contribution in [3.8, 4) is 0 Å². The Labute approximate surface area is 115 Å². The third-order valence-electron chi connectivity index (χ3n) is 2.55. The number of rotatable bonds is 6. The van der Waals surface area contributed by atoms with E-state index in [0.717, 1.165) is 0 Å². The predicted octanol–water partition coefficient (Wildman–Crippen LogP) is 1.14. The van der Waals surface area contributed by atoms with E-state index in [2.05, 4.69) is 16.0 Å². The van der Waals surface area contributed by atoms with Crippen molar-refractivity contribution in [2.75, 3.05) is 25.5 Å². The standard InChI is InChI=1S/C12H16N4O4/c1-8(17)9-3-4-10(11(7-9)16(19)20)14-5-6-15-12(18)13-2/h3-4,7,14H,5-6H2,1-2H3,(H2,13,15,18). The molecule has 0 aliphatic heterocycles. The maximum absolute atomic E-state index is 11.2. The number of urea groups is 1. The van der Waals surface area contributed by atoms with E-state index in [-0.39, 0.29) is 23.1 Å². The molecule has 0 bridgehead atoms. The SMILES string of the molecule is CNC(=O)NCCNc1ccc(C(C)=O)cc1[N+](=O)[O-]. The molecule has 0 unspecified atom stereocenters. The van der Waals surface area contributed by atoms with Gasteiger partial charge in [-0.3, -0.25) is 14.9 Å². The summed E-state index contributed by atoms with van der Waals surface area (Å²) in [6.07, 6.45) is 0. The number of carbonyl (C=O) groups excluding carboxylic acids is 2. The highest BCUT2D eigenvalue weighted by atomic mass is 16.6. The lowest BCUT2D eigenvalue weighted by molar-refractivity contribution is -0.384. The summed E-state index contributed by atoms with van der Waals surface area (Å²) in [5, 5.41) is 18.7. The number of ketones is 1. The van der Waals surface area contributed by atoms with Crippen LogP contribution >= 0.6 is 0 Å². The zero-order valence-corrected chi connectivity index (χ0v) is 11.2. The highest BCUT2D eigenvalue weighted by molar-refractivity contribution is 5.95. The number of hydrogen-bond acceptors (Lipinski definition) is 5. The summed E-state index contributed by atoms with van der Waals surface area (Å²) in [5.74, 6) is -0.235. The Morgan fingerprint density at radius 2 is 2.00 bits per heavy atom. The van der Waals surface area contributed by atoms with Crippen LogP contribution in [-0.2, 0) is 0 Å². The Morgan fingerprint density at radius 1 is 1.30 bits per heavy atom. The van der Waals surface area contributed by atoms with Crippen molar-refractivity contribution in [2.24, 2.45) is 0 Å². The van der Waals surface area contributed by atoms with Gasteiger partial charge in [0.25, 0.3) is 5.69 Å². The first kappa shape index (κ1) is 15.4. The fourth-order valence-corrected chi connectivity index (χ4v) is 1.51. The summed E-state index contributed by atoms with van der Waals surface area (Å²) in [5.41, 5.74) is 0.419. The molecule has 1 aromatic rings. The summed E-state index contributed by atoms with van der Waals surface area (Å²) in [6.45, 7) is 1.98. The number of benzene rings is 1. The second-order valence-electron chi connectivity index (χ2n) is 3.98. The molecule has 0 atom stereocenters. The first-order valence-corrected chi connectivity index (χ1v) is 5.94. The van der Waals surface area contributed by atoms with E-state index in [1.807, 2.05) is 0 Å². The molecule has 0 radical (unpaired) electrons. The lowest BCUT2D eigenvalue weighted by Gasteiger charge is -2.08. The van der Waals surface area contributed by atoms with Crippen molar-refractivity contribution in [1.82, 2.24) is 10.6 Å². The zero-order valence-electron chi connectivity index (χ0n) is 11.2. The molecule has 0 saturated carbocycles. The predicted molar refractivity (Wildman–Crippen MR) is 74.0 cm³/mol. The molecule has 0 aliphatic rings. The van der Waals surface area contributed by atoms with Gasteiger partial charge in [-0.05, 0) is 19.1 Å². The van der Waals surface area contributed by atoms with Gasteiger partial charge in [-0.2, -0.15) is 0 Å². The topological polar surface area (TPSA) is 113 Å². The van der Waals surface area contributed by atoms with Crippen LogP contribution in [0.2, 0.25) is 0 Å². The third kappa shape index (κ3) is 4.23. The lowest BCUT2D eigenvalue weighted by Crippen LogP contribution is -2.35. The minimum Gasteiger partial charge on any atom is -0.378 e. The van der Waals surface area contributed by atoms with Gasteiger partial charge in [0.2, 0.25) is 0 Å². The Bertz CT molecular complexity index is 530. The van der Waals surface area contributed by atoms with Crippen molar-refractivity contribution < 1.29 is 14.5 Å². The maximum atomic E-state index is 11.2. The normalized spacial score (nSPS) is 9.70. The number of amides is 2. The van der Waals surface area contributed by atoms with Gasteiger partial charge in [-0.1, -0.05) is 0 Å². The fourth-order valence-electron chi connectivity index (χ4n) is 1.51. The molecule has 1 aromatic carbocycles. The van der Waals surface area contributed by atoms with E-state index in [1.165, 1.54) is 32.2 Å². The highest BCUT2D eigenvalue weighted by Crippen LogP contribution is 2.25. The molecule has 1 rings (SSSR count). The quantitative estimate of drug-likeness (QED) is 0.313. The lowest BCUT2D eigenvalue weighted by atomic mass is 10.1. The highest BCUT2D eigenvalue weighted by Gasteiger charge is 2.15. The average Bonchev–Trinajstić information content (AvgIpc) is 2.42. The fraction of sp³-hybridized carbons (Fsp3) is 0.333.